The van der Waals surface area contributed by atoms with E-state index in [1.807, 2.05) is 43.3 Å². The number of nitrogens with one attached hydrogen (secondary N) is 1. The van der Waals surface area contributed by atoms with E-state index in [4.69, 9.17) is 16.3 Å². The molecule has 2 aliphatic heterocycles. The molecule has 4 aliphatic rings. The zero-order valence-corrected chi connectivity index (χ0v) is 25.7. The predicted octanol–water partition coefficient (Wildman–Crippen LogP) is 5.11. The van der Waals surface area contributed by atoms with Crippen LogP contribution < -0.4 is 5.43 Å². The molecule has 234 valence electrons. The summed E-state index contributed by atoms with van der Waals surface area (Å²) in [5, 5.41) is 11.5. The van der Waals surface area contributed by atoms with Gasteiger partial charge in [-0.25, -0.2) is 4.79 Å². The molecule has 2 aliphatic carbocycles. The summed E-state index contributed by atoms with van der Waals surface area (Å²) in [4.78, 5) is 69.9. The van der Waals surface area contributed by atoms with Gasteiger partial charge in [-0.2, -0.15) is 9.91 Å². The number of likely N-dealkylation sites (tertiary alicyclic amines) is 1. The van der Waals surface area contributed by atoms with Gasteiger partial charge in [0.15, 0.2) is 0 Å². The fraction of sp³-hybridized carbons (Fsp3) is 0.286. The number of imide groups is 4. The largest absolute Gasteiger partial charge is 0.508 e. The maximum Gasteiger partial charge on any atom is 0.423 e. The van der Waals surface area contributed by atoms with Crippen LogP contribution in [0.15, 0.2) is 84.4 Å². The molecule has 0 aromatic heterocycles. The lowest BCUT2D eigenvalue weighted by Crippen LogP contribution is -2.53. The number of aromatic hydroxyl groups is 1. The first-order valence-electron chi connectivity index (χ1n) is 15.0. The second-order valence-corrected chi connectivity index (χ2v) is 12.7. The maximum atomic E-state index is 15.0. The molecule has 5 amide bonds. The molecule has 2 N–H and O–H groups in total. The van der Waals surface area contributed by atoms with Crippen LogP contribution in [0.2, 0.25) is 5.02 Å². The van der Waals surface area contributed by atoms with Crippen molar-refractivity contribution in [2.24, 2.45) is 23.7 Å². The smallest absolute Gasteiger partial charge is 0.423 e. The van der Waals surface area contributed by atoms with Gasteiger partial charge in [-0.05, 0) is 61.1 Å². The Morgan fingerprint density at radius 2 is 1.67 bits per heavy atom. The number of hydrogen-bond acceptors (Lipinski definition) is 8. The van der Waals surface area contributed by atoms with Crippen LogP contribution in [0.1, 0.15) is 35.4 Å². The Morgan fingerprint density at radius 1 is 0.957 bits per heavy atom. The van der Waals surface area contributed by atoms with Crippen LogP contribution in [0.3, 0.4) is 0 Å². The van der Waals surface area contributed by atoms with Crippen molar-refractivity contribution in [3.05, 3.63) is 106 Å². The molecule has 2 saturated heterocycles. The van der Waals surface area contributed by atoms with Gasteiger partial charge in [0.25, 0.3) is 11.8 Å². The summed E-state index contributed by atoms with van der Waals surface area (Å²) in [6.07, 6.45) is 1.02. The van der Waals surface area contributed by atoms with E-state index in [1.54, 1.807) is 30.3 Å². The molecule has 0 bridgehead atoms. The van der Waals surface area contributed by atoms with Crippen molar-refractivity contribution in [3.8, 4) is 5.75 Å². The number of anilines is 1. The number of rotatable bonds is 4. The average Bonchev–Trinajstić information content (AvgIpc) is 3.43. The Labute approximate surface area is 269 Å². The van der Waals surface area contributed by atoms with Crippen molar-refractivity contribution in [2.45, 2.75) is 31.1 Å². The van der Waals surface area contributed by atoms with E-state index in [1.165, 1.54) is 12.1 Å². The summed E-state index contributed by atoms with van der Waals surface area (Å²) in [5.41, 5.74) is 4.84. The van der Waals surface area contributed by atoms with Crippen LogP contribution in [0.5, 0.6) is 5.75 Å². The van der Waals surface area contributed by atoms with Crippen LogP contribution in [0.4, 0.5) is 10.5 Å². The summed E-state index contributed by atoms with van der Waals surface area (Å²) in [5.74, 6) is -6.67. The quantitative estimate of drug-likeness (QED) is 0.297. The van der Waals surface area contributed by atoms with Crippen molar-refractivity contribution in [1.82, 2.24) is 9.91 Å². The zero-order chi connectivity index (χ0) is 32.5. The Hall–Kier alpha value is -4.96. The summed E-state index contributed by atoms with van der Waals surface area (Å²) in [6.45, 7) is 1.93. The molecule has 10 nitrogen and oxygen atoms in total. The lowest BCUT2D eigenvalue weighted by molar-refractivity contribution is -0.140. The van der Waals surface area contributed by atoms with Gasteiger partial charge >= 0.3 is 6.09 Å². The minimum absolute atomic E-state index is 0.0682. The monoisotopic (exact) mass is 639 g/mol. The fourth-order valence-corrected chi connectivity index (χ4v) is 8.40. The minimum atomic E-state index is -1.50. The molecule has 11 heteroatoms. The van der Waals surface area contributed by atoms with Gasteiger partial charge in [0.1, 0.15) is 5.75 Å². The number of nitrogens with zero attached hydrogens (tertiary/aromatic N) is 2. The third-order valence-electron chi connectivity index (χ3n) is 10.0. The molecule has 1 saturated carbocycles. The van der Waals surface area contributed by atoms with Crippen LogP contribution in [0.25, 0.3) is 0 Å². The second-order valence-electron chi connectivity index (χ2n) is 12.3. The number of halogens is 1. The molecule has 46 heavy (non-hydrogen) atoms. The van der Waals surface area contributed by atoms with Crippen LogP contribution >= 0.6 is 11.6 Å². The number of carbonyl (C=O) groups excluding carboxylic acids is 5. The van der Waals surface area contributed by atoms with E-state index in [0.29, 0.717) is 27.3 Å². The highest BCUT2D eigenvalue weighted by Crippen LogP contribution is 2.64. The number of hydrogen-bond donors (Lipinski definition) is 2. The Bertz CT molecular complexity index is 1840. The SMILES string of the molecule is COC(=O)N1C(=O)C2CC=C3C(CC4C(=O)N(Nc5ccc(C)cc5)C(=O)C4(c4ccccc4)C3c3ccc(O)cc3Cl)C2C1=O. The third-order valence-corrected chi connectivity index (χ3v) is 10.4. The van der Waals surface area contributed by atoms with Gasteiger partial charge in [-0.1, -0.05) is 77.3 Å². The van der Waals surface area contributed by atoms with E-state index in [-0.39, 0.29) is 23.6 Å². The summed E-state index contributed by atoms with van der Waals surface area (Å²) in [7, 11) is 1.10. The first kappa shape index (κ1) is 29.7. The zero-order valence-electron chi connectivity index (χ0n) is 25.0. The van der Waals surface area contributed by atoms with Crippen molar-refractivity contribution in [1.29, 1.82) is 0 Å². The van der Waals surface area contributed by atoms with E-state index in [2.05, 4.69) is 5.43 Å². The van der Waals surface area contributed by atoms with E-state index < -0.39 is 64.7 Å². The number of carbonyl (C=O) groups is 5. The van der Waals surface area contributed by atoms with Gasteiger partial charge in [-0.15, -0.1) is 0 Å². The highest BCUT2D eigenvalue weighted by Gasteiger charge is 2.70. The van der Waals surface area contributed by atoms with Gasteiger partial charge in [0, 0.05) is 10.9 Å². The molecular weight excluding hydrogens is 610 g/mol. The number of fused-ring (bicyclic) bond motifs is 4. The van der Waals surface area contributed by atoms with Crippen LogP contribution in [-0.2, 0) is 29.3 Å². The lowest BCUT2D eigenvalue weighted by atomic mass is 9.49. The molecular formula is C35H30ClN3O7. The number of aryl methyl sites for hydroxylation is 1. The fourth-order valence-electron chi connectivity index (χ4n) is 8.11. The minimum Gasteiger partial charge on any atom is -0.508 e. The van der Waals surface area contributed by atoms with E-state index >= 15 is 4.79 Å². The molecule has 3 aromatic carbocycles. The van der Waals surface area contributed by atoms with E-state index in [9.17, 15) is 24.3 Å². The number of amides is 5. The molecule has 3 fully saturated rings. The lowest BCUT2D eigenvalue weighted by Gasteiger charge is -2.50. The maximum absolute atomic E-state index is 15.0. The number of hydrazine groups is 1. The normalized spacial score (nSPS) is 28.4. The highest BCUT2D eigenvalue weighted by molar-refractivity contribution is 6.31. The molecule has 2 heterocycles. The Balaban J connectivity index is 1.45. The number of allylic oxidation sites excluding steroid dienone is 2. The first-order chi connectivity index (χ1) is 22.1. The molecule has 0 spiro atoms. The summed E-state index contributed by atoms with van der Waals surface area (Å²) >= 11 is 6.84. The summed E-state index contributed by atoms with van der Waals surface area (Å²) < 4.78 is 4.76. The predicted molar refractivity (Wildman–Crippen MR) is 166 cm³/mol. The highest BCUT2D eigenvalue weighted by atomic mass is 35.5. The number of ether oxygens (including phenoxy) is 1. The number of benzene rings is 3. The Morgan fingerprint density at radius 3 is 2.35 bits per heavy atom. The average molecular weight is 640 g/mol. The Kier molecular flexibility index (Phi) is 7.01. The van der Waals surface area contributed by atoms with Crippen molar-refractivity contribution in [3.63, 3.8) is 0 Å². The van der Waals surface area contributed by atoms with Crippen molar-refractivity contribution >= 4 is 47.0 Å². The van der Waals surface area contributed by atoms with Crippen molar-refractivity contribution in [2.75, 3.05) is 12.5 Å². The van der Waals surface area contributed by atoms with Crippen LogP contribution in [-0.4, -0.2) is 51.8 Å². The van der Waals surface area contributed by atoms with Crippen LogP contribution in [0, 0.1) is 30.6 Å². The second kappa shape index (κ2) is 10.8. The molecule has 6 unspecified atom stereocenters. The number of phenols is 1. The van der Waals surface area contributed by atoms with Gasteiger partial charge in [-0.3, -0.25) is 24.6 Å². The summed E-state index contributed by atoms with van der Waals surface area (Å²) in [6, 6.07) is 20.8. The van der Waals surface area contributed by atoms with Gasteiger partial charge < -0.3 is 9.84 Å². The van der Waals surface area contributed by atoms with Gasteiger partial charge in [0.05, 0.1) is 36.0 Å². The molecule has 6 atom stereocenters. The number of methoxy groups -OCH3 is 1. The third kappa shape index (κ3) is 4.12. The molecule has 3 aromatic rings. The first-order valence-corrected chi connectivity index (χ1v) is 15.4. The molecule has 7 rings (SSSR count). The van der Waals surface area contributed by atoms with Gasteiger partial charge in [0.2, 0.25) is 11.8 Å². The van der Waals surface area contributed by atoms with Crippen molar-refractivity contribution < 1.29 is 33.8 Å². The molecule has 0 radical (unpaired) electrons. The number of phenolic OH excluding ortho intramolecular Hbond substituents is 1. The topological polar surface area (TPSA) is 133 Å². The standard InChI is InChI=1S/C35H30ClN3O7/c1-18-8-10-20(11-9-18)37-39-31(42)26-17-25-22(14-15-24-28(25)32(43)38(30(24)41)34(45)46-2)29(23-13-12-21(40)16-27(23)36)35(26,33(39)44)19-6-4-3-5-7-19/h3-14,16,24-26,28-29,37,40H,15,17H2,1-2H3. The van der Waals surface area contributed by atoms with E-state index in [0.717, 1.165) is 17.7 Å².